The topological polar surface area (TPSA) is 26.3 Å². The molecule has 0 spiro atoms. The van der Waals surface area contributed by atoms with Crippen LogP contribution in [0, 0.1) is 23.7 Å². The first kappa shape index (κ1) is 7.60. The van der Waals surface area contributed by atoms with Crippen LogP contribution >= 0.6 is 0 Å². The minimum atomic E-state index is -0.116. The van der Waals surface area contributed by atoms with Crippen molar-refractivity contribution in [3.63, 3.8) is 0 Å². The number of hydrogen-bond acceptors (Lipinski definition) is 2. The van der Waals surface area contributed by atoms with Crippen LogP contribution in [0.25, 0.3) is 0 Å². The predicted molar refractivity (Wildman–Crippen MR) is 47.9 cm³/mol. The van der Waals surface area contributed by atoms with Crippen LogP contribution in [-0.2, 0) is 9.53 Å². The Hall–Kier alpha value is -0.790. The molecular formula is C11H14O2. The maximum absolute atomic E-state index is 10.8. The van der Waals surface area contributed by atoms with Crippen LogP contribution in [-0.4, -0.2) is 12.1 Å². The normalized spacial score (nSPS) is 50.1. The second-order valence-electron chi connectivity index (χ2n) is 4.57. The molecule has 2 nitrogen and oxygen atoms in total. The van der Waals surface area contributed by atoms with E-state index in [0.29, 0.717) is 11.8 Å². The lowest BCUT2D eigenvalue weighted by molar-refractivity contribution is -0.161. The molecule has 3 aliphatic rings. The molecule has 0 saturated heterocycles. The van der Waals surface area contributed by atoms with Crippen molar-refractivity contribution in [3.8, 4) is 0 Å². The second-order valence-corrected chi connectivity index (χ2v) is 4.57. The Balaban J connectivity index is 1.73. The Morgan fingerprint density at radius 3 is 2.77 bits per heavy atom. The summed E-state index contributed by atoms with van der Waals surface area (Å²) in [6.07, 6.45) is 7.34. The van der Waals surface area contributed by atoms with Gasteiger partial charge in [0, 0.05) is 12.8 Å². The highest BCUT2D eigenvalue weighted by Gasteiger charge is 2.56. The summed E-state index contributed by atoms with van der Waals surface area (Å²) < 4.78 is 5.28. The summed E-state index contributed by atoms with van der Waals surface area (Å²) in [4.78, 5) is 10.8. The molecule has 70 valence electrons. The summed E-state index contributed by atoms with van der Waals surface area (Å²) in [7, 11) is 0. The Kier molecular flexibility index (Phi) is 1.38. The number of esters is 1. The highest BCUT2D eigenvalue weighted by molar-refractivity contribution is 5.66. The molecule has 2 saturated carbocycles. The summed E-state index contributed by atoms with van der Waals surface area (Å²) in [6, 6.07) is 0. The molecule has 0 aromatic heterocycles. The number of fused-ring (bicyclic) bond motifs is 5. The maximum atomic E-state index is 10.8. The highest BCUT2D eigenvalue weighted by Crippen LogP contribution is 2.58. The van der Waals surface area contributed by atoms with Crippen LogP contribution < -0.4 is 0 Å². The van der Waals surface area contributed by atoms with E-state index in [0.717, 1.165) is 18.3 Å². The fourth-order valence-corrected chi connectivity index (χ4v) is 3.42. The van der Waals surface area contributed by atoms with Gasteiger partial charge in [0.05, 0.1) is 0 Å². The molecule has 3 rings (SSSR count). The Morgan fingerprint density at radius 2 is 2.08 bits per heavy atom. The van der Waals surface area contributed by atoms with Gasteiger partial charge in [-0.05, 0) is 30.6 Å². The SMILES string of the molecule is CC(=O)O[C@H]1C[C@@H]2[C@H]1[C@@H]1C=C[C@H]2C1. The quantitative estimate of drug-likeness (QED) is 0.452. The van der Waals surface area contributed by atoms with E-state index in [4.69, 9.17) is 4.74 Å². The van der Waals surface area contributed by atoms with Gasteiger partial charge in [-0.2, -0.15) is 0 Å². The van der Waals surface area contributed by atoms with E-state index in [1.54, 1.807) is 0 Å². The van der Waals surface area contributed by atoms with Crippen molar-refractivity contribution in [2.45, 2.75) is 25.9 Å². The standard InChI is InChI=1S/C11H14O2/c1-6(12)13-10-5-9-7-2-3-8(4-7)11(9)10/h2-3,7-11H,4-5H2,1H3/t7-,8+,9-,10-,11+/m0/s1. The smallest absolute Gasteiger partial charge is 0.302 e. The van der Waals surface area contributed by atoms with E-state index in [1.807, 2.05) is 0 Å². The van der Waals surface area contributed by atoms with Gasteiger partial charge in [-0.1, -0.05) is 12.2 Å². The first-order chi connectivity index (χ1) is 6.25. The average molecular weight is 178 g/mol. The Bertz CT molecular complexity index is 282. The fourth-order valence-electron chi connectivity index (χ4n) is 3.42. The van der Waals surface area contributed by atoms with E-state index < -0.39 is 0 Å². The average Bonchev–Trinajstić information content (AvgIpc) is 2.54. The van der Waals surface area contributed by atoms with Gasteiger partial charge in [-0.15, -0.1) is 0 Å². The number of carbonyl (C=O) groups excluding carboxylic acids is 1. The molecule has 0 amide bonds. The summed E-state index contributed by atoms with van der Waals surface area (Å²) in [5, 5.41) is 0. The Labute approximate surface area is 78.0 Å². The molecule has 0 N–H and O–H groups in total. The minimum absolute atomic E-state index is 0.116. The third kappa shape index (κ3) is 0.917. The minimum Gasteiger partial charge on any atom is -0.462 e. The third-order valence-electron chi connectivity index (χ3n) is 3.94. The number of allylic oxidation sites excluding steroid dienone is 2. The first-order valence-electron chi connectivity index (χ1n) is 5.11. The van der Waals surface area contributed by atoms with Crippen LogP contribution in [0.5, 0.6) is 0 Å². The Morgan fingerprint density at radius 1 is 1.31 bits per heavy atom. The lowest BCUT2D eigenvalue weighted by atomic mass is 9.65. The number of carbonyl (C=O) groups is 1. The molecule has 2 heteroatoms. The van der Waals surface area contributed by atoms with Gasteiger partial charge in [0.25, 0.3) is 0 Å². The van der Waals surface area contributed by atoms with Crippen LogP contribution in [0.1, 0.15) is 19.8 Å². The van der Waals surface area contributed by atoms with Gasteiger partial charge in [0.15, 0.2) is 0 Å². The summed E-state index contributed by atoms with van der Waals surface area (Å²) in [5.74, 6) is 2.91. The number of hydrogen-bond donors (Lipinski definition) is 0. The molecule has 0 aromatic rings. The molecule has 0 heterocycles. The monoisotopic (exact) mass is 178 g/mol. The second kappa shape index (κ2) is 2.37. The van der Waals surface area contributed by atoms with E-state index in [1.165, 1.54) is 13.3 Å². The zero-order chi connectivity index (χ0) is 9.00. The lowest BCUT2D eigenvalue weighted by Gasteiger charge is -2.44. The number of rotatable bonds is 1. The summed E-state index contributed by atoms with van der Waals surface area (Å²) in [5.41, 5.74) is 0. The zero-order valence-electron chi connectivity index (χ0n) is 7.77. The van der Waals surface area contributed by atoms with Crippen LogP contribution in [0.15, 0.2) is 12.2 Å². The van der Waals surface area contributed by atoms with Gasteiger partial charge < -0.3 is 4.74 Å². The molecule has 5 atom stereocenters. The molecule has 2 bridgehead atoms. The third-order valence-corrected chi connectivity index (χ3v) is 3.94. The molecular weight excluding hydrogens is 164 g/mol. The van der Waals surface area contributed by atoms with E-state index >= 15 is 0 Å². The van der Waals surface area contributed by atoms with Gasteiger partial charge in [-0.3, -0.25) is 4.79 Å². The molecule has 2 fully saturated rings. The van der Waals surface area contributed by atoms with Crippen molar-refractivity contribution in [2.24, 2.45) is 23.7 Å². The van der Waals surface area contributed by atoms with Crippen molar-refractivity contribution in [1.29, 1.82) is 0 Å². The molecule has 0 unspecified atom stereocenters. The molecule has 3 aliphatic carbocycles. The lowest BCUT2D eigenvalue weighted by Crippen LogP contribution is -2.46. The van der Waals surface area contributed by atoms with E-state index in [9.17, 15) is 4.79 Å². The van der Waals surface area contributed by atoms with Crippen LogP contribution in [0.4, 0.5) is 0 Å². The van der Waals surface area contributed by atoms with Gasteiger partial charge in [-0.25, -0.2) is 0 Å². The van der Waals surface area contributed by atoms with Crippen molar-refractivity contribution >= 4 is 5.97 Å². The molecule has 0 aliphatic heterocycles. The van der Waals surface area contributed by atoms with Crippen LogP contribution in [0.2, 0.25) is 0 Å². The zero-order valence-corrected chi connectivity index (χ0v) is 7.77. The van der Waals surface area contributed by atoms with E-state index in [-0.39, 0.29) is 12.1 Å². The predicted octanol–water partition coefficient (Wildman–Crippen LogP) is 1.76. The largest absolute Gasteiger partial charge is 0.462 e. The fraction of sp³-hybridized carbons (Fsp3) is 0.727. The molecule has 0 radical (unpaired) electrons. The first-order valence-corrected chi connectivity index (χ1v) is 5.11. The van der Waals surface area contributed by atoms with Crippen molar-refractivity contribution in [1.82, 2.24) is 0 Å². The van der Waals surface area contributed by atoms with Crippen molar-refractivity contribution < 1.29 is 9.53 Å². The van der Waals surface area contributed by atoms with Crippen molar-refractivity contribution in [2.75, 3.05) is 0 Å². The van der Waals surface area contributed by atoms with E-state index in [2.05, 4.69) is 12.2 Å². The van der Waals surface area contributed by atoms with Crippen LogP contribution in [0.3, 0.4) is 0 Å². The van der Waals surface area contributed by atoms with Gasteiger partial charge in [0.2, 0.25) is 0 Å². The summed E-state index contributed by atoms with van der Waals surface area (Å²) in [6.45, 7) is 1.51. The number of ether oxygens (including phenoxy) is 1. The van der Waals surface area contributed by atoms with Gasteiger partial charge in [0.1, 0.15) is 6.10 Å². The maximum Gasteiger partial charge on any atom is 0.302 e. The van der Waals surface area contributed by atoms with Gasteiger partial charge >= 0.3 is 5.97 Å². The summed E-state index contributed by atoms with van der Waals surface area (Å²) >= 11 is 0. The van der Waals surface area contributed by atoms with Crippen molar-refractivity contribution in [3.05, 3.63) is 12.2 Å². The highest BCUT2D eigenvalue weighted by atomic mass is 16.5. The molecule has 13 heavy (non-hydrogen) atoms. The molecule has 0 aromatic carbocycles.